The SMILES string of the molecule is CCc1nc2ccc(C3CCN(S(=O)(=O)CCCN(C)C)CC3)cn2c1N(C)c1nc(-c2ccc(F)cc2)[c]s1. The normalized spacial score (nSPS) is 15.3. The fourth-order valence-electron chi connectivity index (χ4n) is 5.29. The van der Waals surface area contributed by atoms with E-state index in [-0.39, 0.29) is 17.5 Å². The summed E-state index contributed by atoms with van der Waals surface area (Å²) in [6, 6.07) is 10.5. The number of sulfonamides is 1. The summed E-state index contributed by atoms with van der Waals surface area (Å²) < 4.78 is 42.9. The summed E-state index contributed by atoms with van der Waals surface area (Å²) in [5.74, 6) is 1.15. The molecule has 0 saturated carbocycles. The Bertz CT molecular complexity index is 1560. The van der Waals surface area contributed by atoms with Crippen molar-refractivity contribution in [2.24, 2.45) is 0 Å². The van der Waals surface area contributed by atoms with Crippen LogP contribution in [-0.2, 0) is 16.4 Å². The molecule has 8 nitrogen and oxygen atoms in total. The summed E-state index contributed by atoms with van der Waals surface area (Å²) in [5, 5.41) is 4.02. The first-order chi connectivity index (χ1) is 19.2. The number of imidazole rings is 1. The number of aromatic nitrogens is 3. The van der Waals surface area contributed by atoms with Crippen LogP contribution in [0.1, 0.15) is 43.4 Å². The maximum Gasteiger partial charge on any atom is 0.214 e. The van der Waals surface area contributed by atoms with E-state index in [1.54, 1.807) is 16.4 Å². The minimum Gasteiger partial charge on any atom is -0.309 e. The monoisotopic (exact) mass is 583 g/mol. The standard InChI is InChI=1S/C29H36FN6O2S2/c1-5-25-28(34(4)29-32-26(20-39-29)22-7-10-24(30)11-8-22)36-19-23(9-12-27(36)31-25)21-13-16-35(17-14-21)40(37,38)18-6-15-33(2)3/h7-12,19,21H,5-6,13-18H2,1-4H3. The minimum atomic E-state index is -3.23. The molecule has 1 aliphatic rings. The third kappa shape index (κ3) is 6.07. The van der Waals surface area contributed by atoms with E-state index in [1.165, 1.54) is 29.0 Å². The average molecular weight is 584 g/mol. The van der Waals surface area contributed by atoms with E-state index in [9.17, 15) is 12.8 Å². The number of halogens is 1. The van der Waals surface area contributed by atoms with Crippen LogP contribution in [0.4, 0.5) is 15.3 Å². The van der Waals surface area contributed by atoms with Crippen LogP contribution in [0, 0.1) is 11.2 Å². The molecule has 0 aliphatic carbocycles. The molecule has 0 amide bonds. The Balaban J connectivity index is 1.35. The molecule has 1 aliphatic heterocycles. The maximum atomic E-state index is 13.4. The highest BCUT2D eigenvalue weighted by atomic mass is 32.2. The van der Waals surface area contributed by atoms with E-state index in [0.717, 1.165) is 53.7 Å². The summed E-state index contributed by atoms with van der Waals surface area (Å²) >= 11 is 1.41. The molecular weight excluding hydrogens is 547 g/mol. The van der Waals surface area contributed by atoms with Gasteiger partial charge >= 0.3 is 0 Å². The maximum absolute atomic E-state index is 13.4. The van der Waals surface area contributed by atoms with Crippen molar-refractivity contribution in [2.45, 2.75) is 38.5 Å². The van der Waals surface area contributed by atoms with E-state index in [2.05, 4.69) is 29.0 Å². The largest absolute Gasteiger partial charge is 0.309 e. The van der Waals surface area contributed by atoms with Gasteiger partial charge in [0.2, 0.25) is 10.0 Å². The second-order valence-corrected chi connectivity index (χ2v) is 13.4. The van der Waals surface area contributed by atoms with Crippen LogP contribution in [0.5, 0.6) is 0 Å². The zero-order chi connectivity index (χ0) is 28.4. The molecule has 0 spiro atoms. The van der Waals surface area contributed by atoms with Gasteiger partial charge in [-0.15, -0.1) is 0 Å². The molecule has 4 aromatic rings. The summed E-state index contributed by atoms with van der Waals surface area (Å²) in [7, 11) is 2.67. The van der Waals surface area contributed by atoms with E-state index < -0.39 is 10.0 Å². The third-order valence-electron chi connectivity index (χ3n) is 7.52. The van der Waals surface area contributed by atoms with Crippen molar-refractivity contribution in [3.63, 3.8) is 0 Å². The number of hydrogen-bond donors (Lipinski definition) is 0. The zero-order valence-electron chi connectivity index (χ0n) is 23.5. The van der Waals surface area contributed by atoms with Crippen molar-refractivity contribution in [2.75, 3.05) is 51.4 Å². The Hall–Kier alpha value is -2.86. The first-order valence-electron chi connectivity index (χ1n) is 13.7. The number of pyridine rings is 1. The Morgan fingerprint density at radius 3 is 2.48 bits per heavy atom. The predicted molar refractivity (Wildman–Crippen MR) is 159 cm³/mol. The fraction of sp³-hybridized carbons (Fsp3) is 0.448. The molecule has 0 atom stereocenters. The minimum absolute atomic E-state index is 0.198. The molecule has 1 fully saturated rings. The van der Waals surface area contributed by atoms with Crippen LogP contribution < -0.4 is 4.90 Å². The lowest BCUT2D eigenvalue weighted by atomic mass is 9.91. The Labute approximate surface area is 240 Å². The van der Waals surface area contributed by atoms with E-state index in [0.29, 0.717) is 25.2 Å². The lowest BCUT2D eigenvalue weighted by Crippen LogP contribution is -2.39. The molecule has 0 N–H and O–H groups in total. The number of benzene rings is 1. The topological polar surface area (TPSA) is 74.1 Å². The average Bonchev–Trinajstić information content (AvgIpc) is 3.58. The second kappa shape index (κ2) is 11.9. The number of rotatable bonds is 10. The van der Waals surface area contributed by atoms with Crippen LogP contribution in [0.15, 0.2) is 42.6 Å². The quantitative estimate of drug-likeness (QED) is 0.256. The van der Waals surface area contributed by atoms with Crippen molar-refractivity contribution in [3.8, 4) is 11.3 Å². The molecule has 3 aromatic heterocycles. The Morgan fingerprint density at radius 1 is 1.07 bits per heavy atom. The van der Waals surface area contributed by atoms with Gasteiger partial charge in [-0.3, -0.25) is 4.40 Å². The van der Waals surface area contributed by atoms with Gasteiger partial charge in [0.05, 0.1) is 22.5 Å². The first kappa shape index (κ1) is 28.7. The molecule has 0 unspecified atom stereocenters. The number of aryl methyl sites for hydroxylation is 1. The number of nitrogens with zero attached hydrogens (tertiary/aromatic N) is 6. The smallest absolute Gasteiger partial charge is 0.214 e. The lowest BCUT2D eigenvalue weighted by Gasteiger charge is -2.31. The van der Waals surface area contributed by atoms with Crippen LogP contribution >= 0.6 is 11.3 Å². The molecule has 5 rings (SSSR count). The van der Waals surface area contributed by atoms with Crippen molar-refractivity contribution in [1.82, 2.24) is 23.6 Å². The van der Waals surface area contributed by atoms with Gasteiger partial charge in [0.1, 0.15) is 17.3 Å². The van der Waals surface area contributed by atoms with Crippen LogP contribution in [-0.4, -0.2) is 78.5 Å². The molecule has 213 valence electrons. The molecule has 0 bridgehead atoms. The highest BCUT2D eigenvalue weighted by molar-refractivity contribution is 7.89. The van der Waals surface area contributed by atoms with E-state index >= 15 is 0 Å². The predicted octanol–water partition coefficient (Wildman–Crippen LogP) is 5.19. The Morgan fingerprint density at radius 2 is 1.80 bits per heavy atom. The van der Waals surface area contributed by atoms with E-state index in [4.69, 9.17) is 9.97 Å². The lowest BCUT2D eigenvalue weighted by molar-refractivity contribution is 0.317. The fourth-order valence-corrected chi connectivity index (χ4v) is 7.52. The third-order valence-corrected chi connectivity index (χ3v) is 10.3. The second-order valence-electron chi connectivity index (χ2n) is 10.6. The summed E-state index contributed by atoms with van der Waals surface area (Å²) in [5.41, 5.74) is 4.52. The van der Waals surface area contributed by atoms with Crippen molar-refractivity contribution in [3.05, 3.63) is 65.0 Å². The zero-order valence-corrected chi connectivity index (χ0v) is 25.1. The summed E-state index contributed by atoms with van der Waals surface area (Å²) in [4.78, 5) is 13.7. The van der Waals surface area contributed by atoms with Gasteiger partial charge in [-0.2, -0.15) is 0 Å². The van der Waals surface area contributed by atoms with E-state index in [1.807, 2.05) is 37.0 Å². The summed E-state index contributed by atoms with van der Waals surface area (Å²) in [6.45, 7) is 3.95. The van der Waals surface area contributed by atoms with Crippen LogP contribution in [0.2, 0.25) is 0 Å². The summed E-state index contributed by atoms with van der Waals surface area (Å²) in [6.07, 6.45) is 5.14. The molecule has 4 heterocycles. The van der Waals surface area contributed by atoms with Gasteiger partial charge in [0.25, 0.3) is 0 Å². The van der Waals surface area contributed by atoms with Crippen molar-refractivity contribution in [1.29, 1.82) is 0 Å². The molecule has 40 heavy (non-hydrogen) atoms. The highest BCUT2D eigenvalue weighted by Gasteiger charge is 2.29. The van der Waals surface area contributed by atoms with Crippen molar-refractivity contribution >= 4 is 38.0 Å². The van der Waals surface area contributed by atoms with Gasteiger partial charge in [0, 0.05) is 31.9 Å². The number of piperidine rings is 1. The number of hydrogen-bond acceptors (Lipinski definition) is 7. The van der Waals surface area contributed by atoms with Gasteiger partial charge in [0.15, 0.2) is 5.13 Å². The first-order valence-corrected chi connectivity index (χ1v) is 16.1. The van der Waals surface area contributed by atoms with Gasteiger partial charge < -0.3 is 9.80 Å². The number of thiazole rings is 1. The van der Waals surface area contributed by atoms with Crippen molar-refractivity contribution < 1.29 is 12.8 Å². The molecule has 1 saturated heterocycles. The van der Waals surface area contributed by atoms with Crippen LogP contribution in [0.3, 0.4) is 0 Å². The highest BCUT2D eigenvalue weighted by Crippen LogP contribution is 2.35. The van der Waals surface area contributed by atoms with Gasteiger partial charge in [-0.1, -0.05) is 24.3 Å². The number of fused-ring (bicyclic) bond motifs is 1. The van der Waals surface area contributed by atoms with Gasteiger partial charge in [-0.05, 0) is 88.1 Å². The number of anilines is 2. The molecule has 1 aromatic carbocycles. The molecular formula is C29H36FN6O2S2. The molecule has 1 radical (unpaired) electrons. The molecule has 11 heteroatoms. The van der Waals surface area contributed by atoms with Gasteiger partial charge in [-0.25, -0.2) is 27.1 Å². The Kier molecular flexibility index (Phi) is 8.55. The van der Waals surface area contributed by atoms with Crippen LogP contribution in [0.25, 0.3) is 16.9 Å².